The van der Waals surface area contributed by atoms with E-state index in [4.69, 9.17) is 25.8 Å². The second-order valence-corrected chi connectivity index (χ2v) is 9.60. The molecule has 0 saturated carbocycles. The molecule has 7 nitrogen and oxygen atoms in total. The number of aryl methyl sites for hydroxylation is 2. The standard InChI is InChI=1S/C31H27ClN2O5/c1-18(35)39-31-27(37-2)13-19(14-28(31)38-3)11-12-29(36)34-26-17-33-25-16-21-8-6-7-20(21)15-23(25)30(26)22-9-4-5-10-24(22)32/h4-5,9-17H,6-8H2,1-3H3,(H,34,36). The van der Waals surface area contributed by atoms with Crippen LogP contribution in [0.2, 0.25) is 5.02 Å². The van der Waals surface area contributed by atoms with Gasteiger partial charge in [-0.2, -0.15) is 0 Å². The van der Waals surface area contributed by atoms with Crippen LogP contribution in [0.1, 0.15) is 30.0 Å². The van der Waals surface area contributed by atoms with Crippen molar-refractivity contribution in [3.63, 3.8) is 0 Å². The molecule has 4 aromatic rings. The van der Waals surface area contributed by atoms with Gasteiger partial charge in [0.15, 0.2) is 11.5 Å². The molecule has 0 unspecified atom stereocenters. The average molecular weight is 543 g/mol. The highest BCUT2D eigenvalue weighted by molar-refractivity contribution is 6.34. The molecule has 0 spiro atoms. The number of methoxy groups -OCH3 is 2. The predicted molar refractivity (Wildman–Crippen MR) is 153 cm³/mol. The smallest absolute Gasteiger partial charge is 0.308 e. The van der Waals surface area contributed by atoms with Crippen LogP contribution in [-0.4, -0.2) is 31.1 Å². The fraction of sp³-hybridized carbons (Fsp3) is 0.194. The Balaban J connectivity index is 1.50. The van der Waals surface area contributed by atoms with Crippen molar-refractivity contribution in [2.45, 2.75) is 26.2 Å². The van der Waals surface area contributed by atoms with Gasteiger partial charge in [-0.05, 0) is 72.4 Å². The maximum Gasteiger partial charge on any atom is 0.308 e. The Hall–Kier alpha value is -4.36. The number of aromatic nitrogens is 1. The van der Waals surface area contributed by atoms with E-state index < -0.39 is 5.97 Å². The van der Waals surface area contributed by atoms with E-state index in [1.165, 1.54) is 38.3 Å². The molecule has 1 amide bonds. The second kappa shape index (κ2) is 11.2. The first kappa shape index (κ1) is 26.3. The minimum Gasteiger partial charge on any atom is -0.493 e. The van der Waals surface area contributed by atoms with E-state index in [0.717, 1.165) is 41.3 Å². The third-order valence-corrected chi connectivity index (χ3v) is 6.97. The number of ether oxygens (including phenoxy) is 3. The van der Waals surface area contributed by atoms with Gasteiger partial charge >= 0.3 is 5.97 Å². The van der Waals surface area contributed by atoms with Gasteiger partial charge in [0, 0.05) is 34.5 Å². The summed E-state index contributed by atoms with van der Waals surface area (Å²) in [4.78, 5) is 29.3. The van der Waals surface area contributed by atoms with Gasteiger partial charge in [0.25, 0.3) is 0 Å². The lowest BCUT2D eigenvalue weighted by atomic mass is 9.96. The van der Waals surface area contributed by atoms with Crippen LogP contribution in [0.5, 0.6) is 17.2 Å². The molecule has 1 aliphatic carbocycles. The first-order chi connectivity index (χ1) is 18.9. The lowest BCUT2D eigenvalue weighted by Gasteiger charge is -2.16. The number of rotatable bonds is 7. The predicted octanol–water partition coefficient (Wildman–Crippen LogP) is 6.64. The number of anilines is 1. The van der Waals surface area contributed by atoms with Crippen molar-refractivity contribution >= 4 is 46.1 Å². The van der Waals surface area contributed by atoms with Crippen LogP contribution in [-0.2, 0) is 22.4 Å². The second-order valence-electron chi connectivity index (χ2n) is 9.19. The monoisotopic (exact) mass is 542 g/mol. The number of carbonyl (C=O) groups excluding carboxylic acids is 2. The summed E-state index contributed by atoms with van der Waals surface area (Å²) in [6.45, 7) is 1.29. The quantitative estimate of drug-likeness (QED) is 0.160. The van der Waals surface area contributed by atoms with Crippen LogP contribution in [0.15, 0.2) is 60.8 Å². The van der Waals surface area contributed by atoms with Crippen molar-refractivity contribution in [3.8, 4) is 28.4 Å². The van der Waals surface area contributed by atoms with Crippen molar-refractivity contribution in [1.82, 2.24) is 4.98 Å². The topological polar surface area (TPSA) is 86.8 Å². The van der Waals surface area contributed by atoms with E-state index in [1.807, 2.05) is 24.3 Å². The van der Waals surface area contributed by atoms with Gasteiger partial charge in [0.1, 0.15) is 0 Å². The number of hydrogen-bond donors (Lipinski definition) is 1. The van der Waals surface area contributed by atoms with Crippen LogP contribution < -0.4 is 19.5 Å². The summed E-state index contributed by atoms with van der Waals surface area (Å²) in [5.74, 6) is -0.0777. The number of carbonyl (C=O) groups is 2. The highest BCUT2D eigenvalue weighted by Gasteiger charge is 2.19. The Morgan fingerprint density at radius 1 is 1.00 bits per heavy atom. The summed E-state index contributed by atoms with van der Waals surface area (Å²) >= 11 is 6.63. The maximum absolute atomic E-state index is 13.1. The molecular formula is C31H27ClN2O5. The number of amides is 1. The van der Waals surface area contributed by atoms with Gasteiger partial charge in [0.05, 0.1) is 31.6 Å². The summed E-state index contributed by atoms with van der Waals surface area (Å²) in [7, 11) is 2.92. The van der Waals surface area contributed by atoms with Crippen molar-refractivity contribution in [2.75, 3.05) is 19.5 Å². The molecular weight excluding hydrogens is 516 g/mol. The minimum atomic E-state index is -0.502. The molecule has 5 rings (SSSR count). The number of nitrogens with one attached hydrogen (secondary N) is 1. The van der Waals surface area contributed by atoms with Crippen LogP contribution in [0, 0.1) is 0 Å². The molecule has 39 heavy (non-hydrogen) atoms. The van der Waals surface area contributed by atoms with E-state index in [1.54, 1.807) is 24.4 Å². The fourth-order valence-electron chi connectivity index (χ4n) is 4.90. The molecule has 1 N–H and O–H groups in total. The maximum atomic E-state index is 13.1. The fourth-order valence-corrected chi connectivity index (χ4v) is 5.13. The Kier molecular flexibility index (Phi) is 7.52. The SMILES string of the molecule is COc1cc(C=CC(=O)Nc2cnc3cc4c(cc3c2-c2ccccc2Cl)CCC4)cc(OC)c1OC(C)=O. The van der Waals surface area contributed by atoms with Gasteiger partial charge in [-0.1, -0.05) is 29.8 Å². The van der Waals surface area contributed by atoms with Gasteiger partial charge in [-0.3, -0.25) is 14.6 Å². The average Bonchev–Trinajstić information content (AvgIpc) is 3.38. The molecule has 0 bridgehead atoms. The van der Waals surface area contributed by atoms with E-state index >= 15 is 0 Å². The molecule has 0 radical (unpaired) electrons. The van der Waals surface area contributed by atoms with Gasteiger partial charge in [-0.15, -0.1) is 0 Å². The van der Waals surface area contributed by atoms with Gasteiger partial charge in [0.2, 0.25) is 11.7 Å². The molecule has 0 atom stereocenters. The van der Waals surface area contributed by atoms with Gasteiger partial charge in [-0.25, -0.2) is 0 Å². The normalized spacial score (nSPS) is 12.4. The number of pyridine rings is 1. The lowest BCUT2D eigenvalue weighted by Crippen LogP contribution is -2.10. The summed E-state index contributed by atoms with van der Waals surface area (Å²) in [5.41, 5.74) is 6.32. The summed E-state index contributed by atoms with van der Waals surface area (Å²) in [5, 5.41) is 4.51. The molecule has 198 valence electrons. The Bertz CT molecular complexity index is 1600. The van der Waals surface area contributed by atoms with Crippen LogP contribution >= 0.6 is 11.6 Å². The molecule has 8 heteroatoms. The van der Waals surface area contributed by atoms with Crippen LogP contribution in [0.25, 0.3) is 28.1 Å². The molecule has 0 saturated heterocycles. The van der Waals surface area contributed by atoms with Crippen LogP contribution in [0.4, 0.5) is 5.69 Å². The van der Waals surface area contributed by atoms with Crippen molar-refractivity contribution < 1.29 is 23.8 Å². The van der Waals surface area contributed by atoms with Gasteiger partial charge < -0.3 is 19.5 Å². The summed E-state index contributed by atoms with van der Waals surface area (Å²) in [6.07, 6.45) is 7.90. The molecule has 1 heterocycles. The number of fused-ring (bicyclic) bond motifs is 2. The highest BCUT2D eigenvalue weighted by atomic mass is 35.5. The first-order valence-electron chi connectivity index (χ1n) is 12.5. The molecule has 0 fully saturated rings. The lowest BCUT2D eigenvalue weighted by molar-refractivity contribution is -0.132. The van der Waals surface area contributed by atoms with Crippen molar-refractivity contribution in [3.05, 3.63) is 82.5 Å². The Morgan fingerprint density at radius 3 is 2.36 bits per heavy atom. The van der Waals surface area contributed by atoms with E-state index in [2.05, 4.69) is 22.4 Å². The third kappa shape index (κ3) is 5.45. The zero-order chi connectivity index (χ0) is 27.5. The zero-order valence-corrected chi connectivity index (χ0v) is 22.6. The number of hydrogen-bond acceptors (Lipinski definition) is 6. The highest BCUT2D eigenvalue weighted by Crippen LogP contribution is 2.41. The minimum absolute atomic E-state index is 0.173. The summed E-state index contributed by atoms with van der Waals surface area (Å²) in [6, 6.07) is 15.2. The Labute approximate surface area is 231 Å². The number of nitrogens with zero attached hydrogens (tertiary/aromatic N) is 1. The number of halogens is 1. The van der Waals surface area contributed by atoms with E-state index in [9.17, 15) is 9.59 Å². The van der Waals surface area contributed by atoms with E-state index in [0.29, 0.717) is 27.8 Å². The van der Waals surface area contributed by atoms with Crippen LogP contribution in [0.3, 0.4) is 0 Å². The summed E-state index contributed by atoms with van der Waals surface area (Å²) < 4.78 is 16.0. The molecule has 0 aliphatic heterocycles. The largest absolute Gasteiger partial charge is 0.493 e. The Morgan fingerprint density at radius 2 is 1.69 bits per heavy atom. The van der Waals surface area contributed by atoms with Crippen molar-refractivity contribution in [1.29, 1.82) is 0 Å². The van der Waals surface area contributed by atoms with E-state index in [-0.39, 0.29) is 11.7 Å². The zero-order valence-electron chi connectivity index (χ0n) is 21.8. The third-order valence-electron chi connectivity index (χ3n) is 6.64. The molecule has 1 aromatic heterocycles. The first-order valence-corrected chi connectivity index (χ1v) is 12.9. The number of esters is 1. The molecule has 1 aliphatic rings. The van der Waals surface area contributed by atoms with Crippen molar-refractivity contribution in [2.24, 2.45) is 0 Å². The number of benzene rings is 3. The molecule has 3 aromatic carbocycles.